The van der Waals surface area contributed by atoms with Crippen LogP contribution in [0.4, 0.5) is 10.5 Å². The van der Waals surface area contributed by atoms with Gasteiger partial charge in [-0.05, 0) is 76.6 Å². The Balaban J connectivity index is 2.59. The molecule has 0 saturated heterocycles. The van der Waals surface area contributed by atoms with Gasteiger partial charge in [-0.2, -0.15) is 0 Å². The van der Waals surface area contributed by atoms with Gasteiger partial charge in [0.05, 0.1) is 6.61 Å². The number of hydrogen-bond donors (Lipinski definition) is 3. The Morgan fingerprint density at radius 1 is 0.974 bits per heavy atom. The topological polar surface area (TPSA) is 108 Å². The van der Waals surface area contributed by atoms with Crippen molar-refractivity contribution in [3.8, 4) is 0 Å². The molecule has 208 valence electrons. The van der Waals surface area contributed by atoms with E-state index in [-0.39, 0.29) is 19.1 Å². The zero-order valence-corrected chi connectivity index (χ0v) is 24.1. The minimum atomic E-state index is -1.05. The molecule has 0 heterocycles. The number of nitrogens with one attached hydrogen (secondary N) is 2. The summed E-state index contributed by atoms with van der Waals surface area (Å²) in [5.74, 6) is -1.20. The first-order valence-corrected chi connectivity index (χ1v) is 13.0. The number of anilines is 1. The van der Waals surface area contributed by atoms with Crippen LogP contribution in [-0.4, -0.2) is 52.7 Å². The van der Waals surface area contributed by atoms with Crippen LogP contribution in [0.2, 0.25) is 0 Å². The van der Waals surface area contributed by atoms with Crippen LogP contribution >= 0.6 is 0 Å². The molecule has 2 aromatic rings. The number of ether oxygens (including phenoxy) is 1. The van der Waals surface area contributed by atoms with E-state index in [4.69, 9.17) is 4.74 Å². The Bertz CT molecular complexity index is 1130. The van der Waals surface area contributed by atoms with Gasteiger partial charge in [0, 0.05) is 12.2 Å². The Kier molecular flexibility index (Phi) is 10.5. The number of hydrogen-bond acceptors (Lipinski definition) is 5. The molecule has 2 unspecified atom stereocenters. The summed E-state index contributed by atoms with van der Waals surface area (Å²) in [5.41, 5.74) is 4.13. The lowest BCUT2D eigenvalue weighted by molar-refractivity contribution is -0.142. The van der Waals surface area contributed by atoms with E-state index in [2.05, 4.69) is 10.6 Å². The molecule has 38 heavy (non-hydrogen) atoms. The first kappa shape index (κ1) is 30.8. The number of nitrogens with zero attached hydrogens (tertiary/aromatic N) is 1. The van der Waals surface area contributed by atoms with Crippen molar-refractivity contribution in [3.63, 3.8) is 0 Å². The third kappa shape index (κ3) is 8.05. The summed E-state index contributed by atoms with van der Waals surface area (Å²) < 4.78 is 5.39. The number of carbonyl (C=O) groups is 3. The number of rotatable bonds is 9. The summed E-state index contributed by atoms with van der Waals surface area (Å²) in [6, 6.07) is 9.44. The molecule has 0 bridgehead atoms. The first-order chi connectivity index (χ1) is 17.7. The van der Waals surface area contributed by atoms with Gasteiger partial charge in [-0.3, -0.25) is 9.59 Å². The van der Waals surface area contributed by atoms with Crippen LogP contribution in [0.1, 0.15) is 68.5 Å². The van der Waals surface area contributed by atoms with Crippen molar-refractivity contribution in [1.29, 1.82) is 0 Å². The lowest BCUT2D eigenvalue weighted by Crippen LogP contribution is -2.55. The third-order valence-electron chi connectivity index (χ3n) is 6.25. The predicted molar refractivity (Wildman–Crippen MR) is 150 cm³/mol. The summed E-state index contributed by atoms with van der Waals surface area (Å²) in [6.07, 6.45) is -0.725. The molecule has 3 N–H and O–H groups in total. The molecular weight excluding hydrogens is 482 g/mol. The zero-order chi connectivity index (χ0) is 28.8. The van der Waals surface area contributed by atoms with Crippen LogP contribution in [0, 0.1) is 33.6 Å². The number of amides is 3. The second-order valence-corrected chi connectivity index (χ2v) is 11.1. The summed E-state index contributed by atoms with van der Waals surface area (Å²) in [7, 11) is 0. The van der Waals surface area contributed by atoms with Crippen molar-refractivity contribution in [1.82, 2.24) is 10.2 Å². The quantitative estimate of drug-likeness (QED) is 0.428. The van der Waals surface area contributed by atoms with Gasteiger partial charge in [0.25, 0.3) is 5.91 Å². The van der Waals surface area contributed by atoms with Crippen molar-refractivity contribution in [2.45, 2.75) is 80.0 Å². The Morgan fingerprint density at radius 3 is 2.11 bits per heavy atom. The van der Waals surface area contributed by atoms with Gasteiger partial charge < -0.3 is 25.4 Å². The molecule has 3 amide bonds. The van der Waals surface area contributed by atoms with E-state index in [9.17, 15) is 19.5 Å². The second-order valence-electron chi connectivity index (χ2n) is 11.1. The molecule has 2 aromatic carbocycles. The number of aliphatic hydroxyl groups is 1. The van der Waals surface area contributed by atoms with E-state index in [0.717, 1.165) is 22.3 Å². The summed E-state index contributed by atoms with van der Waals surface area (Å²) in [6.45, 7) is 16.0. The van der Waals surface area contributed by atoms with Crippen LogP contribution in [0.3, 0.4) is 0 Å². The van der Waals surface area contributed by atoms with Gasteiger partial charge in [-0.25, -0.2) is 4.79 Å². The molecule has 2 atom stereocenters. The number of para-hydroxylation sites is 1. The molecule has 8 heteroatoms. The maximum absolute atomic E-state index is 14.0. The number of alkyl carbamates (subject to hydrolysis) is 1. The highest BCUT2D eigenvalue weighted by molar-refractivity contribution is 6.00. The van der Waals surface area contributed by atoms with Crippen LogP contribution in [0.15, 0.2) is 36.4 Å². The van der Waals surface area contributed by atoms with Gasteiger partial charge in [-0.15, -0.1) is 0 Å². The lowest BCUT2D eigenvalue weighted by Gasteiger charge is -2.36. The van der Waals surface area contributed by atoms with E-state index in [0.29, 0.717) is 11.3 Å². The monoisotopic (exact) mass is 525 g/mol. The fourth-order valence-corrected chi connectivity index (χ4v) is 4.31. The van der Waals surface area contributed by atoms with Gasteiger partial charge in [0.2, 0.25) is 5.91 Å². The maximum Gasteiger partial charge on any atom is 0.408 e. The summed E-state index contributed by atoms with van der Waals surface area (Å²) in [5, 5.41) is 15.7. The molecular formula is C30H43N3O5. The van der Waals surface area contributed by atoms with Crippen LogP contribution in [-0.2, 0) is 14.3 Å². The molecule has 0 spiro atoms. The Labute approximate surface area is 226 Å². The minimum Gasteiger partial charge on any atom is -0.444 e. The number of carbonyl (C=O) groups excluding carboxylic acids is 3. The van der Waals surface area contributed by atoms with Crippen molar-refractivity contribution < 1.29 is 24.2 Å². The second kappa shape index (κ2) is 12.9. The first-order valence-electron chi connectivity index (χ1n) is 13.0. The Morgan fingerprint density at radius 2 is 1.58 bits per heavy atom. The fourth-order valence-electron chi connectivity index (χ4n) is 4.31. The number of aliphatic hydroxyl groups excluding tert-OH is 1. The van der Waals surface area contributed by atoms with Crippen molar-refractivity contribution in [2.24, 2.45) is 5.92 Å². The largest absolute Gasteiger partial charge is 0.444 e. The van der Waals surface area contributed by atoms with E-state index in [1.54, 1.807) is 34.6 Å². The minimum absolute atomic E-state index is 0.101. The highest BCUT2D eigenvalue weighted by Gasteiger charge is 2.38. The standard InChI is InChI=1S/C30H43N3O5/c1-18(2)24(32-29(37)38-30(7,8)9)28(36)33(15-16-34)26(23-17-19(3)13-14-20(23)4)27(35)31-25-21(5)11-10-12-22(25)6/h10-14,17-18,24,26,34H,15-16H2,1-9H3,(H,31,35)(H,32,37). The molecule has 0 fully saturated rings. The average molecular weight is 526 g/mol. The zero-order valence-electron chi connectivity index (χ0n) is 24.1. The van der Waals surface area contributed by atoms with Gasteiger partial charge >= 0.3 is 6.09 Å². The van der Waals surface area contributed by atoms with Crippen LogP contribution in [0.5, 0.6) is 0 Å². The van der Waals surface area contributed by atoms with E-state index in [1.807, 2.05) is 64.1 Å². The van der Waals surface area contributed by atoms with Crippen molar-refractivity contribution in [3.05, 3.63) is 64.2 Å². The predicted octanol–water partition coefficient (Wildman–Crippen LogP) is 4.97. The molecule has 0 saturated carbocycles. The van der Waals surface area contributed by atoms with Gasteiger partial charge in [0.15, 0.2) is 0 Å². The molecule has 0 aliphatic rings. The third-order valence-corrected chi connectivity index (χ3v) is 6.25. The SMILES string of the molecule is Cc1ccc(C)c(C(C(=O)Nc2c(C)cccc2C)N(CCO)C(=O)C(NC(=O)OC(C)(C)C)C(C)C)c1. The van der Waals surface area contributed by atoms with E-state index >= 15 is 0 Å². The van der Waals surface area contributed by atoms with Gasteiger partial charge in [-0.1, -0.05) is 55.8 Å². The van der Waals surface area contributed by atoms with Crippen LogP contribution in [0.25, 0.3) is 0 Å². The highest BCUT2D eigenvalue weighted by atomic mass is 16.6. The van der Waals surface area contributed by atoms with Gasteiger partial charge in [0.1, 0.15) is 17.7 Å². The number of benzene rings is 2. The molecule has 0 radical (unpaired) electrons. The number of aryl methyl sites for hydroxylation is 4. The lowest BCUT2D eigenvalue weighted by atomic mass is 9.94. The average Bonchev–Trinajstić information content (AvgIpc) is 2.80. The fraction of sp³-hybridized carbons (Fsp3) is 0.500. The molecule has 0 aliphatic heterocycles. The van der Waals surface area contributed by atoms with Crippen molar-refractivity contribution >= 4 is 23.6 Å². The Hall–Kier alpha value is -3.39. The van der Waals surface area contributed by atoms with Crippen molar-refractivity contribution in [2.75, 3.05) is 18.5 Å². The summed E-state index contributed by atoms with van der Waals surface area (Å²) >= 11 is 0. The normalized spacial score (nSPS) is 13.0. The summed E-state index contributed by atoms with van der Waals surface area (Å²) in [4.78, 5) is 42.0. The molecule has 2 rings (SSSR count). The smallest absolute Gasteiger partial charge is 0.408 e. The van der Waals surface area contributed by atoms with Crippen LogP contribution < -0.4 is 10.6 Å². The highest BCUT2D eigenvalue weighted by Crippen LogP contribution is 2.30. The maximum atomic E-state index is 14.0. The molecule has 8 nitrogen and oxygen atoms in total. The van der Waals surface area contributed by atoms with E-state index < -0.39 is 35.6 Å². The van der Waals surface area contributed by atoms with E-state index in [1.165, 1.54) is 4.90 Å². The molecule has 0 aromatic heterocycles. The molecule has 0 aliphatic carbocycles.